The van der Waals surface area contributed by atoms with Crippen LogP contribution in [0.2, 0.25) is 0 Å². The maximum absolute atomic E-state index is 5.41. The largest absolute Gasteiger partial charge is 0.454 e. The van der Waals surface area contributed by atoms with E-state index in [1.807, 2.05) is 36.9 Å². The molecule has 3 heterocycles. The van der Waals surface area contributed by atoms with E-state index in [0.29, 0.717) is 12.7 Å². The molecule has 0 atom stereocenters. The predicted octanol–water partition coefficient (Wildman–Crippen LogP) is 2.38. The monoisotopic (exact) mass is 386 g/mol. The Hall–Kier alpha value is -2.65. The van der Waals surface area contributed by atoms with Gasteiger partial charge in [-0.3, -0.25) is 4.57 Å². The molecule has 0 amide bonds. The Morgan fingerprint density at radius 2 is 2.19 bits per heavy atom. The smallest absolute Gasteiger partial charge is 0.248 e. The zero-order chi connectivity index (χ0) is 18.6. The van der Waals surface area contributed by atoms with Crippen molar-refractivity contribution in [3.63, 3.8) is 0 Å². The lowest BCUT2D eigenvalue weighted by Gasteiger charge is -2.15. The topological polar surface area (TPSA) is 77.3 Å². The Morgan fingerprint density at radius 1 is 1.30 bits per heavy atom. The van der Waals surface area contributed by atoms with Crippen molar-refractivity contribution in [2.24, 2.45) is 0 Å². The van der Waals surface area contributed by atoms with Crippen molar-refractivity contribution in [3.8, 4) is 17.4 Å². The van der Waals surface area contributed by atoms with Crippen LogP contribution in [0.25, 0.3) is 5.95 Å². The van der Waals surface area contributed by atoms with Gasteiger partial charge in [0.2, 0.25) is 17.9 Å². The molecule has 0 aliphatic carbocycles. The number of rotatable bonds is 8. The molecule has 27 heavy (non-hydrogen) atoms. The summed E-state index contributed by atoms with van der Waals surface area (Å²) in [5.41, 5.74) is 2.14. The molecule has 2 aromatic heterocycles. The summed E-state index contributed by atoms with van der Waals surface area (Å²) in [6.45, 7) is 4.90. The van der Waals surface area contributed by atoms with Crippen LogP contribution >= 0.6 is 11.5 Å². The number of imidazole rings is 1. The van der Waals surface area contributed by atoms with Crippen molar-refractivity contribution in [1.29, 1.82) is 0 Å². The Kier molecular flexibility index (Phi) is 5.21. The third kappa shape index (κ3) is 4.20. The van der Waals surface area contributed by atoms with Crippen LogP contribution in [0.15, 0.2) is 30.7 Å². The van der Waals surface area contributed by atoms with Gasteiger partial charge in [0, 0.05) is 37.9 Å². The van der Waals surface area contributed by atoms with Gasteiger partial charge in [-0.2, -0.15) is 9.36 Å². The number of fused-ring (bicyclic) bond motifs is 1. The van der Waals surface area contributed by atoms with E-state index in [9.17, 15) is 0 Å². The molecule has 0 saturated carbocycles. The molecule has 0 fully saturated rings. The molecule has 142 valence electrons. The number of hydrogen-bond donors (Lipinski definition) is 1. The number of benzene rings is 1. The Balaban J connectivity index is 1.21. The SMILES string of the molecule is Cc1cn(-c2nsc(N(C)CCCNCc3ccc4c(c3)OCO4)n2)cn1. The summed E-state index contributed by atoms with van der Waals surface area (Å²) in [4.78, 5) is 10.9. The molecular weight excluding hydrogens is 364 g/mol. The van der Waals surface area contributed by atoms with E-state index in [4.69, 9.17) is 9.47 Å². The number of aromatic nitrogens is 4. The van der Waals surface area contributed by atoms with Gasteiger partial charge in [0.1, 0.15) is 6.33 Å². The van der Waals surface area contributed by atoms with Crippen molar-refractivity contribution < 1.29 is 9.47 Å². The lowest BCUT2D eigenvalue weighted by Crippen LogP contribution is -2.23. The van der Waals surface area contributed by atoms with Crippen LogP contribution in [0.5, 0.6) is 11.5 Å². The standard InChI is InChI=1S/C18H22N6O2S/c1-13-10-24(11-20-13)17-21-18(27-22-17)23(2)7-3-6-19-9-14-4-5-15-16(8-14)26-12-25-15/h4-5,8,10-11,19H,3,6-7,9,12H2,1-2H3. The van der Waals surface area contributed by atoms with Gasteiger partial charge in [0.15, 0.2) is 11.5 Å². The van der Waals surface area contributed by atoms with Gasteiger partial charge in [0.05, 0.1) is 5.69 Å². The fourth-order valence-electron chi connectivity index (χ4n) is 2.82. The Labute approximate surface area is 161 Å². The molecular formula is C18H22N6O2S. The molecule has 8 nitrogen and oxygen atoms in total. The van der Waals surface area contributed by atoms with Gasteiger partial charge in [0.25, 0.3) is 0 Å². The van der Waals surface area contributed by atoms with Crippen LogP contribution in [0.4, 0.5) is 5.13 Å². The molecule has 1 aromatic carbocycles. The van der Waals surface area contributed by atoms with Crippen LogP contribution in [0, 0.1) is 6.92 Å². The highest BCUT2D eigenvalue weighted by atomic mass is 32.1. The summed E-state index contributed by atoms with van der Waals surface area (Å²) < 4.78 is 17.0. The summed E-state index contributed by atoms with van der Waals surface area (Å²) in [6, 6.07) is 6.05. The minimum Gasteiger partial charge on any atom is -0.454 e. The summed E-state index contributed by atoms with van der Waals surface area (Å²) in [6.07, 6.45) is 4.67. The van der Waals surface area contributed by atoms with Gasteiger partial charge in [-0.1, -0.05) is 6.07 Å². The second-order valence-electron chi connectivity index (χ2n) is 6.44. The van der Waals surface area contributed by atoms with Gasteiger partial charge in [-0.25, -0.2) is 4.98 Å². The highest BCUT2D eigenvalue weighted by Gasteiger charge is 2.13. The number of nitrogens with one attached hydrogen (secondary N) is 1. The van der Waals surface area contributed by atoms with Gasteiger partial charge in [-0.05, 0) is 37.6 Å². The number of aryl methyl sites for hydroxylation is 1. The van der Waals surface area contributed by atoms with Gasteiger partial charge in [-0.15, -0.1) is 0 Å². The van der Waals surface area contributed by atoms with E-state index in [1.54, 1.807) is 6.33 Å². The first-order chi connectivity index (χ1) is 13.2. The summed E-state index contributed by atoms with van der Waals surface area (Å²) in [7, 11) is 2.04. The maximum atomic E-state index is 5.41. The molecule has 1 aliphatic rings. The fraction of sp³-hybridized carbons (Fsp3) is 0.389. The minimum atomic E-state index is 0.312. The van der Waals surface area contributed by atoms with Crippen LogP contribution in [-0.2, 0) is 6.54 Å². The number of hydrogen-bond acceptors (Lipinski definition) is 8. The van der Waals surface area contributed by atoms with Gasteiger partial charge < -0.3 is 19.7 Å². The molecule has 1 N–H and O–H groups in total. The number of ether oxygens (including phenoxy) is 2. The highest BCUT2D eigenvalue weighted by Crippen LogP contribution is 2.32. The second kappa shape index (κ2) is 7.93. The van der Waals surface area contributed by atoms with Crippen LogP contribution in [-0.4, -0.2) is 45.8 Å². The molecule has 3 aromatic rings. The highest BCUT2D eigenvalue weighted by molar-refractivity contribution is 7.09. The van der Waals surface area contributed by atoms with E-state index in [-0.39, 0.29) is 0 Å². The normalized spacial score (nSPS) is 12.5. The summed E-state index contributed by atoms with van der Waals surface area (Å²) in [5, 5.41) is 4.37. The maximum Gasteiger partial charge on any atom is 0.248 e. The fourth-order valence-corrected chi connectivity index (χ4v) is 3.47. The van der Waals surface area contributed by atoms with E-state index >= 15 is 0 Å². The third-order valence-corrected chi connectivity index (χ3v) is 5.11. The lowest BCUT2D eigenvalue weighted by molar-refractivity contribution is 0.174. The first-order valence-corrected chi connectivity index (χ1v) is 9.61. The van der Waals surface area contributed by atoms with E-state index in [1.165, 1.54) is 17.1 Å². The minimum absolute atomic E-state index is 0.312. The van der Waals surface area contributed by atoms with Gasteiger partial charge >= 0.3 is 0 Å². The predicted molar refractivity (Wildman–Crippen MR) is 104 cm³/mol. The van der Waals surface area contributed by atoms with Crippen molar-refractivity contribution in [2.75, 3.05) is 31.8 Å². The van der Waals surface area contributed by atoms with Crippen LogP contribution < -0.4 is 19.7 Å². The van der Waals surface area contributed by atoms with E-state index in [2.05, 4.69) is 30.6 Å². The Morgan fingerprint density at radius 3 is 3.04 bits per heavy atom. The molecule has 0 bridgehead atoms. The molecule has 0 unspecified atom stereocenters. The average molecular weight is 386 g/mol. The number of anilines is 1. The summed E-state index contributed by atoms with van der Waals surface area (Å²) in [5.74, 6) is 2.32. The molecule has 1 aliphatic heterocycles. The second-order valence-corrected chi connectivity index (χ2v) is 7.17. The molecule has 0 saturated heterocycles. The Bertz CT molecular complexity index is 909. The molecule has 0 spiro atoms. The average Bonchev–Trinajstić information content (AvgIpc) is 3.40. The van der Waals surface area contributed by atoms with Crippen molar-refractivity contribution >= 4 is 16.7 Å². The molecule has 9 heteroatoms. The lowest BCUT2D eigenvalue weighted by atomic mass is 10.2. The zero-order valence-corrected chi connectivity index (χ0v) is 16.2. The third-order valence-electron chi connectivity index (χ3n) is 4.29. The first kappa shape index (κ1) is 17.7. The molecule has 4 rings (SSSR count). The van der Waals surface area contributed by atoms with Crippen molar-refractivity contribution in [1.82, 2.24) is 24.2 Å². The van der Waals surface area contributed by atoms with Crippen LogP contribution in [0.3, 0.4) is 0 Å². The first-order valence-electron chi connectivity index (χ1n) is 8.84. The van der Waals surface area contributed by atoms with Crippen LogP contribution in [0.1, 0.15) is 17.7 Å². The summed E-state index contributed by atoms with van der Waals surface area (Å²) >= 11 is 1.40. The zero-order valence-electron chi connectivity index (χ0n) is 15.4. The van der Waals surface area contributed by atoms with Crippen molar-refractivity contribution in [2.45, 2.75) is 19.9 Å². The van der Waals surface area contributed by atoms with E-state index in [0.717, 1.165) is 48.4 Å². The molecule has 0 radical (unpaired) electrons. The van der Waals surface area contributed by atoms with E-state index < -0.39 is 0 Å². The quantitative estimate of drug-likeness (QED) is 0.596. The number of nitrogens with zero attached hydrogens (tertiary/aromatic N) is 5. The van der Waals surface area contributed by atoms with Crippen molar-refractivity contribution in [3.05, 3.63) is 42.0 Å².